The van der Waals surface area contributed by atoms with Crippen molar-refractivity contribution in [1.82, 2.24) is 0 Å². The molecule has 0 amide bonds. The van der Waals surface area contributed by atoms with Crippen molar-refractivity contribution in [3.8, 4) is 0 Å². The van der Waals surface area contributed by atoms with Crippen molar-refractivity contribution < 1.29 is 4.79 Å². The fourth-order valence-electron chi connectivity index (χ4n) is 1.90. The summed E-state index contributed by atoms with van der Waals surface area (Å²) in [5.41, 5.74) is 0.777. The average Bonchev–Trinajstić information content (AvgIpc) is 2.36. The zero-order valence-corrected chi connectivity index (χ0v) is 9.53. The third-order valence-electron chi connectivity index (χ3n) is 2.83. The van der Waals surface area contributed by atoms with Gasteiger partial charge in [-0.1, -0.05) is 30.3 Å². The minimum absolute atomic E-state index is 0.777. The van der Waals surface area contributed by atoms with Gasteiger partial charge in [-0.3, -0.25) is 4.79 Å². The molecule has 16 heavy (non-hydrogen) atoms. The molecular formula is C15H14O. The normalized spacial score (nSPS) is 14.0. The SMILES string of the molecule is C/C=c1/cc2ccccc2c/c1=C(\C)C=O. The van der Waals surface area contributed by atoms with E-state index < -0.39 is 0 Å². The smallest absolute Gasteiger partial charge is 0.146 e. The molecule has 0 fully saturated rings. The van der Waals surface area contributed by atoms with Crippen molar-refractivity contribution >= 4 is 28.7 Å². The molecule has 0 aromatic heterocycles. The van der Waals surface area contributed by atoms with E-state index in [1.165, 1.54) is 10.8 Å². The molecule has 0 saturated heterocycles. The van der Waals surface area contributed by atoms with Crippen LogP contribution in [0.2, 0.25) is 0 Å². The Bertz CT molecular complexity index is 651. The largest absolute Gasteiger partial charge is 0.298 e. The first-order valence-corrected chi connectivity index (χ1v) is 5.37. The molecule has 2 aromatic rings. The van der Waals surface area contributed by atoms with Crippen molar-refractivity contribution in [3.63, 3.8) is 0 Å². The summed E-state index contributed by atoms with van der Waals surface area (Å²) in [7, 11) is 0. The van der Waals surface area contributed by atoms with Gasteiger partial charge in [0, 0.05) is 0 Å². The topological polar surface area (TPSA) is 17.1 Å². The van der Waals surface area contributed by atoms with Crippen LogP contribution in [0.5, 0.6) is 0 Å². The summed E-state index contributed by atoms with van der Waals surface area (Å²) < 4.78 is 0. The Morgan fingerprint density at radius 2 is 1.75 bits per heavy atom. The minimum atomic E-state index is 0.777. The van der Waals surface area contributed by atoms with Gasteiger partial charge in [0.15, 0.2) is 0 Å². The lowest BCUT2D eigenvalue weighted by molar-refractivity contribution is -0.103. The molecule has 0 spiro atoms. The molecule has 1 heteroatoms. The van der Waals surface area contributed by atoms with Crippen LogP contribution in [-0.4, -0.2) is 6.29 Å². The Morgan fingerprint density at radius 1 is 1.12 bits per heavy atom. The molecule has 1 nitrogen and oxygen atoms in total. The summed E-state index contributed by atoms with van der Waals surface area (Å²) in [6.07, 6.45) is 2.95. The Balaban J connectivity index is 3.01. The van der Waals surface area contributed by atoms with Crippen LogP contribution in [0.1, 0.15) is 13.8 Å². The van der Waals surface area contributed by atoms with Gasteiger partial charge < -0.3 is 0 Å². The van der Waals surface area contributed by atoms with E-state index in [9.17, 15) is 4.79 Å². The van der Waals surface area contributed by atoms with Gasteiger partial charge in [0.05, 0.1) is 0 Å². The van der Waals surface area contributed by atoms with E-state index >= 15 is 0 Å². The highest BCUT2D eigenvalue weighted by atomic mass is 16.1. The van der Waals surface area contributed by atoms with Gasteiger partial charge in [-0.05, 0) is 52.8 Å². The van der Waals surface area contributed by atoms with E-state index in [2.05, 4.69) is 24.3 Å². The molecule has 0 saturated carbocycles. The Kier molecular flexibility index (Phi) is 2.86. The van der Waals surface area contributed by atoms with Crippen molar-refractivity contribution in [2.75, 3.05) is 0 Å². The zero-order valence-electron chi connectivity index (χ0n) is 9.53. The lowest BCUT2D eigenvalue weighted by atomic mass is 10.1. The first kappa shape index (κ1) is 10.6. The fourth-order valence-corrected chi connectivity index (χ4v) is 1.90. The first-order valence-electron chi connectivity index (χ1n) is 5.37. The summed E-state index contributed by atoms with van der Waals surface area (Å²) in [5, 5.41) is 4.52. The molecule has 0 heterocycles. The van der Waals surface area contributed by atoms with Gasteiger partial charge in [-0.15, -0.1) is 0 Å². The third-order valence-corrected chi connectivity index (χ3v) is 2.83. The molecule has 80 valence electrons. The van der Waals surface area contributed by atoms with E-state index in [1.807, 2.05) is 32.1 Å². The number of carbonyl (C=O) groups is 1. The minimum Gasteiger partial charge on any atom is -0.298 e. The van der Waals surface area contributed by atoms with Gasteiger partial charge in [0.1, 0.15) is 6.29 Å². The van der Waals surface area contributed by atoms with E-state index in [4.69, 9.17) is 0 Å². The van der Waals surface area contributed by atoms with E-state index in [0.29, 0.717) is 0 Å². The third kappa shape index (κ3) is 1.76. The molecule has 0 bridgehead atoms. The highest BCUT2D eigenvalue weighted by Gasteiger charge is 1.95. The summed E-state index contributed by atoms with van der Waals surface area (Å²) in [4.78, 5) is 10.9. The molecule has 0 aliphatic rings. The molecule has 0 N–H and O–H groups in total. The molecule has 0 aliphatic heterocycles. The van der Waals surface area contributed by atoms with Crippen LogP contribution in [-0.2, 0) is 4.79 Å². The fraction of sp³-hybridized carbons (Fsp3) is 0.133. The number of fused-ring (bicyclic) bond motifs is 1. The van der Waals surface area contributed by atoms with Gasteiger partial charge in [-0.25, -0.2) is 0 Å². The molecule has 0 atom stereocenters. The molecule has 0 unspecified atom stereocenters. The number of carbonyl (C=O) groups excluding carboxylic acids is 1. The first-order chi connectivity index (χ1) is 7.76. The van der Waals surface area contributed by atoms with E-state index in [0.717, 1.165) is 22.3 Å². The van der Waals surface area contributed by atoms with E-state index in [-0.39, 0.29) is 0 Å². The summed E-state index contributed by atoms with van der Waals surface area (Å²) in [6, 6.07) is 12.4. The van der Waals surface area contributed by atoms with Crippen molar-refractivity contribution in [2.24, 2.45) is 0 Å². The summed E-state index contributed by atoms with van der Waals surface area (Å²) in [6.45, 7) is 3.84. The van der Waals surface area contributed by atoms with Crippen molar-refractivity contribution in [2.45, 2.75) is 13.8 Å². The predicted molar refractivity (Wildman–Crippen MR) is 68.5 cm³/mol. The Labute approximate surface area is 94.7 Å². The Morgan fingerprint density at radius 3 is 2.31 bits per heavy atom. The lowest BCUT2D eigenvalue weighted by Gasteiger charge is -1.99. The second kappa shape index (κ2) is 4.31. The average molecular weight is 210 g/mol. The molecule has 0 radical (unpaired) electrons. The van der Waals surface area contributed by atoms with Crippen molar-refractivity contribution in [3.05, 3.63) is 46.8 Å². The highest BCUT2D eigenvalue weighted by molar-refractivity contribution is 5.98. The van der Waals surface area contributed by atoms with Crippen LogP contribution in [0.25, 0.3) is 22.4 Å². The number of hydrogen-bond donors (Lipinski definition) is 0. The van der Waals surface area contributed by atoms with Crippen LogP contribution < -0.4 is 10.4 Å². The number of hydrogen-bond acceptors (Lipinski definition) is 1. The van der Waals surface area contributed by atoms with Crippen LogP contribution in [0, 0.1) is 0 Å². The monoisotopic (exact) mass is 210 g/mol. The maximum absolute atomic E-state index is 10.9. The van der Waals surface area contributed by atoms with Gasteiger partial charge in [0.2, 0.25) is 0 Å². The van der Waals surface area contributed by atoms with Gasteiger partial charge in [0.25, 0.3) is 0 Å². The Hall–Kier alpha value is -1.89. The van der Waals surface area contributed by atoms with Gasteiger partial charge >= 0.3 is 0 Å². The zero-order chi connectivity index (χ0) is 11.5. The highest BCUT2D eigenvalue weighted by Crippen LogP contribution is 2.08. The van der Waals surface area contributed by atoms with Crippen LogP contribution in [0.4, 0.5) is 0 Å². The molecule has 2 rings (SSSR count). The number of aldehydes is 1. The van der Waals surface area contributed by atoms with Crippen LogP contribution >= 0.6 is 0 Å². The number of benzene rings is 2. The van der Waals surface area contributed by atoms with Crippen molar-refractivity contribution in [1.29, 1.82) is 0 Å². The quantitative estimate of drug-likeness (QED) is 0.658. The standard InChI is InChI=1S/C15H14O/c1-3-12-8-13-6-4-5-7-14(13)9-15(12)11(2)10-16/h3-10H,1-2H3/b12-3-,15-11-. The van der Waals surface area contributed by atoms with Crippen LogP contribution in [0.3, 0.4) is 0 Å². The maximum Gasteiger partial charge on any atom is 0.146 e. The summed E-state index contributed by atoms with van der Waals surface area (Å²) >= 11 is 0. The lowest BCUT2D eigenvalue weighted by Crippen LogP contribution is -2.26. The second-order valence-corrected chi connectivity index (χ2v) is 3.88. The molecular weight excluding hydrogens is 196 g/mol. The predicted octanol–water partition coefficient (Wildman–Crippen LogP) is 2.01. The van der Waals surface area contributed by atoms with Crippen LogP contribution in [0.15, 0.2) is 36.4 Å². The van der Waals surface area contributed by atoms with E-state index in [1.54, 1.807) is 0 Å². The molecule has 0 aliphatic carbocycles. The molecule has 2 aromatic carbocycles. The number of rotatable bonds is 1. The van der Waals surface area contributed by atoms with Gasteiger partial charge in [-0.2, -0.15) is 0 Å². The summed E-state index contributed by atoms with van der Waals surface area (Å²) in [5.74, 6) is 0. The maximum atomic E-state index is 10.9. The second-order valence-electron chi connectivity index (χ2n) is 3.88.